The van der Waals surface area contributed by atoms with E-state index in [1.165, 1.54) is 36.4 Å². The Morgan fingerprint density at radius 1 is 0.800 bits per heavy atom. The number of ether oxygens (including phenoxy) is 2. The van der Waals surface area contributed by atoms with Crippen LogP contribution in [0.4, 0.5) is 17.1 Å². The summed E-state index contributed by atoms with van der Waals surface area (Å²) in [6.45, 7) is 0.419. The number of benzene rings is 3. The fourth-order valence-electron chi connectivity index (χ4n) is 2.22. The molecule has 3 aromatic rings. The first kappa shape index (κ1) is 53.2. The van der Waals surface area contributed by atoms with E-state index >= 15 is 0 Å². The number of nitrogens with two attached hydrogens (primary N) is 1. The van der Waals surface area contributed by atoms with E-state index in [4.69, 9.17) is 45.7 Å². The minimum Gasteiger partial charge on any atom is -1.00 e. The zero-order chi connectivity index (χ0) is 32.2. The molecule has 0 aliphatic carbocycles. The Morgan fingerprint density at radius 3 is 1.53 bits per heavy atom. The van der Waals surface area contributed by atoms with E-state index < -0.39 is 9.85 Å². The zero-order valence-corrected chi connectivity index (χ0v) is 31.9. The fraction of sp³-hybridized carbons (Fsp3) is 0.269. The van der Waals surface area contributed by atoms with E-state index in [2.05, 4.69) is 20.8 Å². The van der Waals surface area contributed by atoms with Crippen LogP contribution in [0.3, 0.4) is 0 Å². The van der Waals surface area contributed by atoms with Gasteiger partial charge in [0.25, 0.3) is 17.8 Å². The number of hydrogen-bond donors (Lipinski definition) is 5. The molecule has 0 saturated heterocycles. The third kappa shape index (κ3) is 32.5. The predicted octanol–water partition coefficient (Wildman–Crippen LogP) is -3.53. The monoisotopic (exact) mass is 755 g/mol. The Bertz CT molecular complexity index is 1170. The van der Waals surface area contributed by atoms with Crippen LogP contribution in [0, 0.1) is 20.2 Å². The molecule has 0 fully saturated rings. The van der Waals surface area contributed by atoms with Gasteiger partial charge in [-0.2, -0.15) is 0 Å². The Hall–Kier alpha value is -1.28. The fourth-order valence-corrected chi connectivity index (χ4v) is 2.22. The number of phenols is 1. The van der Waals surface area contributed by atoms with Crippen LogP contribution in [-0.2, 0) is 9.68 Å². The minimum absolute atomic E-state index is 0. The molecule has 0 saturated carbocycles. The maximum atomic E-state index is 10.3. The molecule has 0 atom stereocenters. The molecule has 16 nitrogen and oxygen atoms in total. The normalized spacial score (nSPS) is 8.29. The third-order valence-electron chi connectivity index (χ3n) is 3.77. The van der Waals surface area contributed by atoms with Gasteiger partial charge in [-0.15, -0.1) is 0 Å². The number of hydrogen-bond acceptors (Lipinski definition) is 14. The van der Waals surface area contributed by atoms with Crippen LogP contribution in [0.1, 0.15) is 8.85 Å². The van der Waals surface area contributed by atoms with Crippen molar-refractivity contribution in [1.82, 2.24) is 0 Å². The van der Waals surface area contributed by atoms with Gasteiger partial charge in [0, 0.05) is 29.2 Å². The second kappa shape index (κ2) is 37.2. The number of nitro groups is 2. The van der Waals surface area contributed by atoms with Gasteiger partial charge in [-0.1, -0.05) is 41.6 Å². The Kier molecular flexibility index (Phi) is 44.0. The van der Waals surface area contributed by atoms with Crippen molar-refractivity contribution in [2.24, 2.45) is 0 Å². The van der Waals surface area contributed by atoms with Gasteiger partial charge >= 0.3 is 103 Å². The number of rotatable bonds is 10. The van der Waals surface area contributed by atoms with Crippen molar-refractivity contribution in [3.8, 4) is 17.2 Å². The molecular formula is C26H36BrK2N3O13. The van der Waals surface area contributed by atoms with Gasteiger partial charge < -0.3 is 47.2 Å². The topological polar surface area (TPSA) is 261 Å². The quantitative estimate of drug-likeness (QED) is 0.0256. The summed E-state index contributed by atoms with van der Waals surface area (Å²) in [6.07, 6.45) is 0. The number of nitrogen functional groups attached to an aromatic ring is 1. The number of aliphatic hydroxyl groups excluding tert-OH is 3. The Balaban J connectivity index is -0.000000113. The average Bonchev–Trinajstić information content (AvgIpc) is 3.00. The van der Waals surface area contributed by atoms with Crippen LogP contribution < -0.4 is 123 Å². The number of nitrogens with zero attached hydrogens (tertiary/aromatic N) is 2. The molecule has 0 unspecified atom stereocenters. The molecule has 242 valence electrons. The van der Waals surface area contributed by atoms with Crippen molar-refractivity contribution in [2.75, 3.05) is 44.1 Å². The summed E-state index contributed by atoms with van der Waals surface area (Å²) in [5, 5.41) is 63.0. The van der Waals surface area contributed by atoms with E-state index in [1.807, 2.05) is 6.07 Å². The summed E-state index contributed by atoms with van der Waals surface area (Å²) < 4.78 is 10.1. The maximum absolute atomic E-state index is 10.3. The first-order chi connectivity index (χ1) is 20.1. The molecule has 0 spiro atoms. The second-order valence-corrected chi connectivity index (χ2v) is 7.65. The second-order valence-electron chi connectivity index (χ2n) is 6.85. The molecule has 0 aromatic heterocycles. The van der Waals surface area contributed by atoms with Gasteiger partial charge in [0.2, 0.25) is 0 Å². The van der Waals surface area contributed by atoms with Gasteiger partial charge in [-0.05, 0) is 24.3 Å². The van der Waals surface area contributed by atoms with Gasteiger partial charge in [-0.25, -0.2) is 0 Å². The van der Waals surface area contributed by atoms with Gasteiger partial charge in [0.1, 0.15) is 30.5 Å². The summed E-state index contributed by atoms with van der Waals surface area (Å²) in [5.74, 6) is 0.997. The molecule has 6 N–H and O–H groups in total. The van der Waals surface area contributed by atoms with Crippen molar-refractivity contribution >= 4 is 39.5 Å². The van der Waals surface area contributed by atoms with E-state index in [-0.39, 0.29) is 162 Å². The predicted molar refractivity (Wildman–Crippen MR) is 160 cm³/mol. The molecule has 19 heteroatoms. The zero-order valence-electron chi connectivity index (χ0n) is 25.1. The molecule has 45 heavy (non-hydrogen) atoms. The number of carbonyl (C=O) groups excluding carboxylic acids is 1. The van der Waals surface area contributed by atoms with Crippen molar-refractivity contribution < 1.29 is 159 Å². The number of halogens is 1. The van der Waals surface area contributed by atoms with Crippen molar-refractivity contribution in [2.45, 2.75) is 7.43 Å². The standard InChI is InChI=1S/C8H9NO4.C8H11NO2.C6H5NO3.C2H5BrO.CH2O3.CH4.2K.H/c10-4-5-13-8-3-1-2-7(6-8)9(11)12;9-7-2-1-3-8(6-7)11-5-4-10;8-6-3-1-2-5(4-6)7(9)10;3-1-2-4;2-1-4-3;;;;/h1-3,6,10H,4-5H2;1-3,6,10H,4-5,9H2;1-4,8H;4H,1-2H2;1,3H;1H4;;;/q;;;;;;2*+1;-1/p-1. The van der Waals surface area contributed by atoms with Gasteiger partial charge in [0.15, 0.2) is 0 Å². The summed E-state index contributed by atoms with van der Waals surface area (Å²) in [7, 11) is 0. The largest absolute Gasteiger partial charge is 1.00 e. The van der Waals surface area contributed by atoms with Gasteiger partial charge in [0.05, 0.1) is 41.8 Å². The number of aromatic hydroxyl groups is 1. The third-order valence-corrected chi connectivity index (χ3v) is 4.13. The van der Waals surface area contributed by atoms with E-state index in [9.17, 15) is 20.2 Å². The van der Waals surface area contributed by atoms with E-state index in [1.54, 1.807) is 24.3 Å². The summed E-state index contributed by atoms with van der Waals surface area (Å²) >= 11 is 3.00. The van der Waals surface area contributed by atoms with Crippen LogP contribution in [-0.4, -0.2) is 75.1 Å². The number of nitro benzene ring substituents is 2. The first-order valence-corrected chi connectivity index (χ1v) is 12.6. The molecule has 0 aliphatic heterocycles. The van der Waals surface area contributed by atoms with Crippen molar-refractivity contribution in [3.63, 3.8) is 0 Å². The summed E-state index contributed by atoms with van der Waals surface area (Å²) in [6, 6.07) is 18.2. The smallest absolute Gasteiger partial charge is 1.00 e. The van der Waals surface area contributed by atoms with Crippen molar-refractivity contribution in [1.29, 1.82) is 0 Å². The molecule has 0 aliphatic rings. The van der Waals surface area contributed by atoms with Gasteiger partial charge in [-0.3, -0.25) is 25.0 Å². The summed E-state index contributed by atoms with van der Waals surface area (Å²) in [4.78, 5) is 30.6. The number of phenolic OH excluding ortho intramolecular Hbond substituents is 1. The molecule has 3 aromatic carbocycles. The van der Waals surface area contributed by atoms with Crippen LogP contribution in [0.15, 0.2) is 72.8 Å². The van der Waals surface area contributed by atoms with Crippen LogP contribution in [0.5, 0.6) is 17.2 Å². The molecule has 0 bridgehead atoms. The average molecular weight is 757 g/mol. The SMILES string of the molecule is C.Nc1cccc(OCCO)c1.O=CO[O-].O=[N+]([O-])c1cccc(O)c1.O=[N+]([O-])c1cccc(OCCO)c1.OCCBr.[H-].[K+].[K+]. The molecule has 3 rings (SSSR count). The summed E-state index contributed by atoms with van der Waals surface area (Å²) in [5.41, 5.74) is 6.04. The maximum Gasteiger partial charge on any atom is 1.00 e. The number of alkyl halides is 1. The number of carbonyl (C=O) groups is 1. The van der Waals surface area contributed by atoms with Crippen LogP contribution in [0.25, 0.3) is 0 Å². The molecule has 0 amide bonds. The molecular weight excluding hydrogens is 720 g/mol. The minimum atomic E-state index is -0.556. The number of anilines is 1. The molecule has 0 heterocycles. The van der Waals surface area contributed by atoms with Crippen LogP contribution in [0.2, 0.25) is 0 Å². The number of aliphatic hydroxyl groups is 3. The van der Waals surface area contributed by atoms with Crippen molar-refractivity contribution in [3.05, 3.63) is 93.0 Å². The Morgan fingerprint density at radius 2 is 1.20 bits per heavy atom. The Labute approximate surface area is 355 Å². The van der Waals surface area contributed by atoms with E-state index in [0.717, 1.165) is 6.07 Å². The van der Waals surface area contributed by atoms with Crippen LogP contribution >= 0.6 is 15.9 Å². The first-order valence-electron chi connectivity index (χ1n) is 11.5. The molecule has 0 radical (unpaired) electrons. The number of non-ortho nitro benzene ring substituents is 2. The van der Waals surface area contributed by atoms with E-state index in [0.29, 0.717) is 29.1 Å².